The van der Waals surface area contributed by atoms with Gasteiger partial charge in [-0.3, -0.25) is 0 Å². The molecule has 0 aliphatic carbocycles. The Kier molecular flexibility index (Phi) is 12.5. The van der Waals surface area contributed by atoms with Crippen molar-refractivity contribution in [1.29, 1.82) is 0 Å². The van der Waals surface area contributed by atoms with Crippen molar-refractivity contribution in [3.05, 3.63) is 129 Å². The van der Waals surface area contributed by atoms with Crippen molar-refractivity contribution in [1.82, 2.24) is 0 Å². The van der Waals surface area contributed by atoms with Gasteiger partial charge in [0.05, 0.1) is 0 Å². The average Bonchev–Trinajstić information content (AvgIpc) is 3.01. The molecule has 2 nitrogen and oxygen atoms in total. The minimum Gasteiger partial charge on any atom is -0.399 e. The van der Waals surface area contributed by atoms with Gasteiger partial charge in [0.25, 0.3) is 0 Å². The molecule has 0 saturated carbocycles. The van der Waals surface area contributed by atoms with Crippen LogP contribution in [-0.2, 0) is 18.3 Å². The van der Waals surface area contributed by atoms with Crippen LogP contribution in [0.2, 0.25) is 0 Å². The van der Waals surface area contributed by atoms with Crippen molar-refractivity contribution in [3.8, 4) is 0 Å². The second-order valence-corrected chi connectivity index (χ2v) is 13.4. The molecule has 4 aromatic carbocycles. The van der Waals surface area contributed by atoms with Gasteiger partial charge in [0.1, 0.15) is 0 Å². The van der Waals surface area contributed by atoms with E-state index in [1.807, 2.05) is 12.1 Å². The molecule has 4 rings (SSSR count). The first-order valence-electron chi connectivity index (χ1n) is 17.2. The molecule has 0 unspecified atom stereocenters. The molecule has 0 bridgehead atoms. The SMILES string of the molecule is CCCCCCCCCCCCC(C)(c1ccc(Cc2ccc(N)cc2C)cc1)c1ccc(Cc2ccc(N)cc2C)cc1. The molecule has 0 aliphatic heterocycles. The first kappa shape index (κ1) is 33.4. The van der Waals surface area contributed by atoms with E-state index in [4.69, 9.17) is 11.5 Å². The summed E-state index contributed by atoms with van der Waals surface area (Å²) in [6, 6.07) is 31.4. The van der Waals surface area contributed by atoms with Gasteiger partial charge in [0.15, 0.2) is 0 Å². The lowest BCUT2D eigenvalue weighted by molar-refractivity contribution is 0.469. The highest BCUT2D eigenvalue weighted by atomic mass is 14.5. The quantitative estimate of drug-likeness (QED) is 0.0952. The highest BCUT2D eigenvalue weighted by Crippen LogP contribution is 2.38. The fourth-order valence-corrected chi connectivity index (χ4v) is 6.68. The minimum absolute atomic E-state index is 0.0224. The maximum Gasteiger partial charge on any atom is 0.0316 e. The topological polar surface area (TPSA) is 52.0 Å². The van der Waals surface area contributed by atoms with Gasteiger partial charge in [-0.05, 0) is 102 Å². The number of rotatable bonds is 17. The number of anilines is 2. The van der Waals surface area contributed by atoms with Gasteiger partial charge in [0, 0.05) is 16.8 Å². The zero-order valence-corrected chi connectivity index (χ0v) is 27.9. The van der Waals surface area contributed by atoms with Crippen molar-refractivity contribution in [3.63, 3.8) is 0 Å². The summed E-state index contributed by atoms with van der Waals surface area (Å²) in [5.74, 6) is 0. The van der Waals surface area contributed by atoms with E-state index in [0.29, 0.717) is 0 Å². The van der Waals surface area contributed by atoms with Crippen molar-refractivity contribution in [2.75, 3.05) is 11.5 Å². The molecule has 2 heteroatoms. The number of aryl methyl sites for hydroxylation is 2. The van der Waals surface area contributed by atoms with Crippen LogP contribution in [0.15, 0.2) is 84.9 Å². The first-order valence-corrected chi connectivity index (χ1v) is 17.2. The molecule has 4 N–H and O–H groups in total. The fraction of sp³-hybridized carbons (Fsp3) is 0.429. The standard InChI is InChI=1S/C42H56N2/c1-5-6-7-8-9-10-11-12-13-14-27-42(4,38-21-15-34(16-22-38)30-36-19-25-40(43)28-32(36)2)39-23-17-35(18-24-39)31-37-20-26-41(44)29-33(37)3/h15-26,28-29H,5-14,27,30-31,43-44H2,1-4H3. The number of unbranched alkanes of at least 4 members (excludes halogenated alkanes) is 9. The third-order valence-electron chi connectivity index (χ3n) is 9.73. The molecular formula is C42H56N2. The number of hydrogen-bond acceptors (Lipinski definition) is 2. The third-order valence-corrected chi connectivity index (χ3v) is 9.73. The van der Waals surface area contributed by atoms with Crippen LogP contribution in [0.1, 0.15) is 129 Å². The maximum absolute atomic E-state index is 6.00. The van der Waals surface area contributed by atoms with Crippen LogP contribution in [0.25, 0.3) is 0 Å². The molecule has 0 saturated heterocycles. The van der Waals surface area contributed by atoms with Crippen LogP contribution in [0.4, 0.5) is 11.4 Å². The van der Waals surface area contributed by atoms with E-state index in [1.54, 1.807) is 0 Å². The van der Waals surface area contributed by atoms with Crippen LogP contribution in [0.3, 0.4) is 0 Å². The van der Waals surface area contributed by atoms with Gasteiger partial charge in [-0.15, -0.1) is 0 Å². The molecule has 0 spiro atoms. The predicted octanol–water partition coefficient (Wildman–Crippen LogP) is 11.3. The zero-order chi connectivity index (χ0) is 31.4. The molecule has 234 valence electrons. The Balaban J connectivity index is 1.46. The first-order chi connectivity index (χ1) is 21.3. The monoisotopic (exact) mass is 588 g/mol. The highest BCUT2D eigenvalue weighted by Gasteiger charge is 2.28. The zero-order valence-electron chi connectivity index (χ0n) is 27.9. The molecule has 0 aromatic heterocycles. The van der Waals surface area contributed by atoms with E-state index >= 15 is 0 Å². The van der Waals surface area contributed by atoms with E-state index in [0.717, 1.165) is 30.6 Å². The van der Waals surface area contributed by atoms with Crippen LogP contribution < -0.4 is 11.5 Å². The summed E-state index contributed by atoms with van der Waals surface area (Å²) < 4.78 is 0. The normalized spacial score (nSPS) is 11.6. The van der Waals surface area contributed by atoms with Crippen molar-refractivity contribution in [2.24, 2.45) is 0 Å². The smallest absolute Gasteiger partial charge is 0.0316 e. The van der Waals surface area contributed by atoms with Crippen LogP contribution >= 0.6 is 0 Å². The van der Waals surface area contributed by atoms with Crippen LogP contribution in [0, 0.1) is 13.8 Å². The average molecular weight is 589 g/mol. The Morgan fingerprint density at radius 1 is 0.500 bits per heavy atom. The van der Waals surface area contributed by atoms with Gasteiger partial charge >= 0.3 is 0 Å². The molecule has 0 radical (unpaired) electrons. The molecular weight excluding hydrogens is 532 g/mol. The number of nitrogens with two attached hydrogens (primary N) is 2. The van der Waals surface area contributed by atoms with Gasteiger partial charge in [-0.1, -0.05) is 139 Å². The van der Waals surface area contributed by atoms with Crippen molar-refractivity contribution < 1.29 is 0 Å². The molecule has 0 amide bonds. The lowest BCUT2D eigenvalue weighted by atomic mass is 9.72. The van der Waals surface area contributed by atoms with Gasteiger partial charge in [-0.25, -0.2) is 0 Å². The van der Waals surface area contributed by atoms with Crippen LogP contribution in [0.5, 0.6) is 0 Å². The van der Waals surface area contributed by atoms with E-state index in [9.17, 15) is 0 Å². The summed E-state index contributed by atoms with van der Waals surface area (Å²) in [5, 5.41) is 0. The Morgan fingerprint density at radius 3 is 1.27 bits per heavy atom. The van der Waals surface area contributed by atoms with Gasteiger partial charge < -0.3 is 11.5 Å². The molecule has 0 atom stereocenters. The summed E-state index contributed by atoms with van der Waals surface area (Å²) in [6.07, 6.45) is 16.7. The predicted molar refractivity (Wildman–Crippen MR) is 193 cm³/mol. The number of hydrogen-bond donors (Lipinski definition) is 2. The summed E-state index contributed by atoms with van der Waals surface area (Å²) in [5.41, 5.74) is 24.3. The molecule has 44 heavy (non-hydrogen) atoms. The summed E-state index contributed by atoms with van der Waals surface area (Å²) in [4.78, 5) is 0. The largest absolute Gasteiger partial charge is 0.399 e. The van der Waals surface area contributed by atoms with E-state index in [1.165, 1.54) is 109 Å². The van der Waals surface area contributed by atoms with E-state index in [-0.39, 0.29) is 5.41 Å². The Morgan fingerprint density at radius 2 is 0.886 bits per heavy atom. The third kappa shape index (κ3) is 9.49. The van der Waals surface area contributed by atoms with Crippen molar-refractivity contribution in [2.45, 2.75) is 117 Å². The Labute approximate surface area is 268 Å². The molecule has 0 fully saturated rings. The summed E-state index contributed by atoms with van der Waals surface area (Å²) in [7, 11) is 0. The second kappa shape index (κ2) is 16.5. The summed E-state index contributed by atoms with van der Waals surface area (Å²) >= 11 is 0. The van der Waals surface area contributed by atoms with E-state index in [2.05, 4.69) is 100 Å². The number of benzene rings is 4. The van der Waals surface area contributed by atoms with Gasteiger partial charge in [-0.2, -0.15) is 0 Å². The lowest BCUT2D eigenvalue weighted by Gasteiger charge is -2.32. The highest BCUT2D eigenvalue weighted by molar-refractivity contribution is 5.48. The Bertz CT molecular complexity index is 1340. The second-order valence-electron chi connectivity index (χ2n) is 13.4. The van der Waals surface area contributed by atoms with Crippen LogP contribution in [-0.4, -0.2) is 0 Å². The molecule has 0 aliphatic rings. The lowest BCUT2D eigenvalue weighted by Crippen LogP contribution is -2.24. The summed E-state index contributed by atoms with van der Waals surface area (Å²) in [6.45, 7) is 9.06. The molecule has 0 heterocycles. The van der Waals surface area contributed by atoms with E-state index < -0.39 is 0 Å². The number of nitrogen functional groups attached to an aromatic ring is 2. The van der Waals surface area contributed by atoms with Gasteiger partial charge in [0.2, 0.25) is 0 Å². The van der Waals surface area contributed by atoms with Crippen molar-refractivity contribution >= 4 is 11.4 Å². The maximum atomic E-state index is 6.00. The minimum atomic E-state index is -0.0224. The molecule has 4 aromatic rings. The fourth-order valence-electron chi connectivity index (χ4n) is 6.68. The Hall–Kier alpha value is -3.52.